The molecule has 1 saturated heterocycles. The Bertz CT molecular complexity index is 1070. The number of aryl methyl sites for hydroxylation is 1. The molecule has 9 heteroatoms. The number of pyridine rings is 1. The van der Waals surface area contributed by atoms with Gasteiger partial charge in [0, 0.05) is 24.9 Å². The van der Waals surface area contributed by atoms with Crippen molar-refractivity contribution in [2.45, 2.75) is 37.8 Å². The number of rotatable bonds is 0. The topological polar surface area (TPSA) is 95.7 Å². The van der Waals surface area contributed by atoms with Gasteiger partial charge >= 0.3 is 0 Å². The fraction of sp³-hybridized carbons (Fsp3) is 0.368. The molecule has 0 aliphatic carbocycles. The number of anilines is 2. The van der Waals surface area contributed by atoms with Gasteiger partial charge in [0.15, 0.2) is 5.65 Å². The van der Waals surface area contributed by atoms with Gasteiger partial charge < -0.3 is 15.3 Å². The number of fused-ring (bicyclic) bond motifs is 5. The number of halogens is 1. The standard InChI is InChI=1S/C19H19FN6O2/c20-11-6-13-14(21-8-11)2-1-3-18(28)23-15-9-22-26-5-4-17(24-19(15)26)25-10-12(27)7-16(13)25/h4-6,8-9,12,16,27H,1-3,7,10H2,(H,23,28)/t12-,16+/m1/s1. The minimum atomic E-state index is -0.545. The van der Waals surface area contributed by atoms with Gasteiger partial charge in [0.25, 0.3) is 0 Å². The quantitative estimate of drug-likeness (QED) is 0.616. The minimum absolute atomic E-state index is 0.124. The van der Waals surface area contributed by atoms with E-state index in [1.165, 1.54) is 12.3 Å². The molecule has 0 unspecified atom stereocenters. The average molecular weight is 382 g/mol. The van der Waals surface area contributed by atoms with Gasteiger partial charge in [-0.05, 0) is 37.0 Å². The smallest absolute Gasteiger partial charge is 0.224 e. The fourth-order valence-corrected chi connectivity index (χ4v) is 4.08. The molecule has 5 rings (SSSR count). The first kappa shape index (κ1) is 17.1. The van der Waals surface area contributed by atoms with E-state index in [1.54, 1.807) is 16.9 Å². The molecule has 3 aromatic rings. The van der Waals surface area contributed by atoms with Crippen LogP contribution in [0.2, 0.25) is 0 Å². The van der Waals surface area contributed by atoms with Crippen molar-refractivity contribution in [1.82, 2.24) is 19.6 Å². The van der Waals surface area contributed by atoms with Crippen molar-refractivity contribution in [3.63, 3.8) is 0 Å². The Hall–Kier alpha value is -3.07. The molecule has 2 N–H and O–H groups in total. The normalized spacial score (nSPS) is 22.2. The number of aromatic nitrogens is 4. The molecule has 3 aromatic heterocycles. The minimum Gasteiger partial charge on any atom is -0.391 e. The molecule has 2 atom stereocenters. The summed E-state index contributed by atoms with van der Waals surface area (Å²) in [5.74, 6) is 0.101. The Morgan fingerprint density at radius 3 is 3.07 bits per heavy atom. The summed E-state index contributed by atoms with van der Waals surface area (Å²) in [6, 6.07) is 3.06. The lowest BCUT2D eigenvalue weighted by Crippen LogP contribution is -2.26. The fourth-order valence-electron chi connectivity index (χ4n) is 4.08. The molecule has 2 bridgehead atoms. The maximum absolute atomic E-state index is 14.0. The largest absolute Gasteiger partial charge is 0.391 e. The Morgan fingerprint density at radius 1 is 1.29 bits per heavy atom. The summed E-state index contributed by atoms with van der Waals surface area (Å²) in [5, 5.41) is 17.4. The van der Waals surface area contributed by atoms with Crippen LogP contribution in [0.1, 0.15) is 36.6 Å². The zero-order valence-electron chi connectivity index (χ0n) is 15.0. The molecular formula is C19H19FN6O2. The van der Waals surface area contributed by atoms with E-state index in [1.807, 2.05) is 11.0 Å². The van der Waals surface area contributed by atoms with E-state index in [0.29, 0.717) is 49.4 Å². The van der Waals surface area contributed by atoms with E-state index in [0.717, 1.165) is 11.3 Å². The average Bonchev–Trinajstić information content (AvgIpc) is 3.25. The highest BCUT2D eigenvalue weighted by atomic mass is 19.1. The molecule has 0 saturated carbocycles. The molecule has 28 heavy (non-hydrogen) atoms. The van der Waals surface area contributed by atoms with Crippen LogP contribution in [0.3, 0.4) is 0 Å². The van der Waals surface area contributed by atoms with Gasteiger partial charge in [-0.25, -0.2) is 13.9 Å². The second-order valence-corrected chi connectivity index (χ2v) is 7.26. The van der Waals surface area contributed by atoms with Crippen LogP contribution >= 0.6 is 0 Å². The van der Waals surface area contributed by atoms with Gasteiger partial charge in [0.05, 0.1) is 24.5 Å². The highest BCUT2D eigenvalue weighted by molar-refractivity contribution is 5.94. The summed E-state index contributed by atoms with van der Waals surface area (Å²) in [6.45, 7) is 0.389. The monoisotopic (exact) mass is 382 g/mol. The molecule has 1 fully saturated rings. The van der Waals surface area contributed by atoms with Crippen LogP contribution in [0, 0.1) is 5.82 Å². The van der Waals surface area contributed by atoms with Crippen molar-refractivity contribution in [2.75, 3.05) is 16.8 Å². The van der Waals surface area contributed by atoms with Crippen LogP contribution in [-0.4, -0.2) is 43.2 Å². The molecule has 5 heterocycles. The van der Waals surface area contributed by atoms with Crippen molar-refractivity contribution in [1.29, 1.82) is 0 Å². The molecule has 1 amide bonds. The maximum Gasteiger partial charge on any atom is 0.224 e. The van der Waals surface area contributed by atoms with Gasteiger partial charge in [-0.15, -0.1) is 0 Å². The number of nitrogens with zero attached hydrogens (tertiary/aromatic N) is 5. The van der Waals surface area contributed by atoms with Crippen molar-refractivity contribution < 1.29 is 14.3 Å². The molecule has 144 valence electrons. The second kappa shape index (κ2) is 6.52. The third-order valence-electron chi connectivity index (χ3n) is 5.35. The first-order valence-electron chi connectivity index (χ1n) is 9.32. The SMILES string of the molecule is O=C1CCCc2ncc(F)cc2[C@@H]2C[C@@H](O)CN2c2ccn3ncc(c3n2)N1. The van der Waals surface area contributed by atoms with Crippen LogP contribution < -0.4 is 10.2 Å². The van der Waals surface area contributed by atoms with E-state index in [2.05, 4.69) is 20.4 Å². The zero-order chi connectivity index (χ0) is 19.3. The highest BCUT2D eigenvalue weighted by Crippen LogP contribution is 2.37. The van der Waals surface area contributed by atoms with Crippen molar-refractivity contribution in [3.05, 3.63) is 47.8 Å². The molecule has 0 radical (unpaired) electrons. The van der Waals surface area contributed by atoms with E-state index in [4.69, 9.17) is 0 Å². The van der Waals surface area contributed by atoms with Crippen LogP contribution in [-0.2, 0) is 11.2 Å². The van der Waals surface area contributed by atoms with Gasteiger partial charge in [-0.3, -0.25) is 9.78 Å². The van der Waals surface area contributed by atoms with Crippen molar-refractivity contribution >= 4 is 23.1 Å². The van der Waals surface area contributed by atoms with Gasteiger partial charge in [0.1, 0.15) is 17.3 Å². The molecule has 2 aliphatic heterocycles. The third kappa shape index (κ3) is 2.88. The summed E-state index contributed by atoms with van der Waals surface area (Å²) >= 11 is 0. The summed E-state index contributed by atoms with van der Waals surface area (Å²) in [4.78, 5) is 23.3. The Kier molecular flexibility index (Phi) is 3.97. The highest BCUT2D eigenvalue weighted by Gasteiger charge is 2.35. The van der Waals surface area contributed by atoms with Gasteiger partial charge in [0.2, 0.25) is 5.91 Å². The van der Waals surface area contributed by atoms with Crippen LogP contribution in [0.25, 0.3) is 5.65 Å². The number of carbonyl (C=O) groups is 1. The van der Waals surface area contributed by atoms with Crippen LogP contribution in [0.4, 0.5) is 15.9 Å². The van der Waals surface area contributed by atoms with E-state index in [-0.39, 0.29) is 11.9 Å². The molecule has 2 aliphatic rings. The lowest BCUT2D eigenvalue weighted by atomic mass is 9.98. The lowest BCUT2D eigenvalue weighted by molar-refractivity contribution is -0.116. The summed E-state index contributed by atoms with van der Waals surface area (Å²) in [6.07, 6.45) is 5.91. The first-order valence-corrected chi connectivity index (χ1v) is 9.32. The molecule has 8 nitrogen and oxygen atoms in total. The molecule has 0 spiro atoms. The number of nitrogens with one attached hydrogen (secondary N) is 1. The van der Waals surface area contributed by atoms with Gasteiger partial charge in [-0.1, -0.05) is 0 Å². The Labute approximate surface area is 160 Å². The Morgan fingerprint density at radius 2 is 2.18 bits per heavy atom. The first-order chi connectivity index (χ1) is 13.6. The van der Waals surface area contributed by atoms with Crippen LogP contribution in [0.5, 0.6) is 0 Å². The predicted octanol–water partition coefficient (Wildman–Crippen LogP) is 1.85. The van der Waals surface area contributed by atoms with Crippen LogP contribution in [0.15, 0.2) is 30.7 Å². The molecule has 0 aromatic carbocycles. The third-order valence-corrected chi connectivity index (χ3v) is 5.35. The number of hydrogen-bond donors (Lipinski definition) is 2. The summed E-state index contributed by atoms with van der Waals surface area (Å²) < 4.78 is 15.6. The number of amides is 1. The van der Waals surface area contributed by atoms with Crippen molar-refractivity contribution in [2.24, 2.45) is 0 Å². The lowest BCUT2D eigenvalue weighted by Gasteiger charge is -2.27. The number of aliphatic hydroxyl groups is 1. The van der Waals surface area contributed by atoms with Gasteiger partial charge in [-0.2, -0.15) is 5.10 Å². The number of carbonyl (C=O) groups excluding carboxylic acids is 1. The number of hydrogen-bond acceptors (Lipinski definition) is 6. The van der Waals surface area contributed by atoms with E-state index < -0.39 is 11.9 Å². The predicted molar refractivity (Wildman–Crippen MR) is 99.5 cm³/mol. The molecular weight excluding hydrogens is 363 g/mol. The van der Waals surface area contributed by atoms with E-state index in [9.17, 15) is 14.3 Å². The summed E-state index contributed by atoms with van der Waals surface area (Å²) in [5.41, 5.74) is 2.57. The second-order valence-electron chi connectivity index (χ2n) is 7.26. The van der Waals surface area contributed by atoms with Crippen molar-refractivity contribution in [3.8, 4) is 0 Å². The van der Waals surface area contributed by atoms with E-state index >= 15 is 0 Å². The summed E-state index contributed by atoms with van der Waals surface area (Å²) in [7, 11) is 0. The maximum atomic E-state index is 14.0. The Balaban J connectivity index is 1.68. The zero-order valence-corrected chi connectivity index (χ0v) is 15.0. The number of aliphatic hydroxyl groups excluding tert-OH is 1.